The highest BCUT2D eigenvalue weighted by Gasteiger charge is 2.09. The van der Waals surface area contributed by atoms with Crippen LogP contribution in [-0.4, -0.2) is 28.3 Å². The molecule has 0 aliphatic heterocycles. The zero-order valence-electron chi connectivity index (χ0n) is 16.4. The van der Waals surface area contributed by atoms with Gasteiger partial charge in [0.25, 0.3) is 11.8 Å². The number of para-hydroxylation sites is 1. The third-order valence-corrected chi connectivity index (χ3v) is 4.94. The van der Waals surface area contributed by atoms with E-state index < -0.39 is 0 Å². The van der Waals surface area contributed by atoms with E-state index >= 15 is 0 Å². The molecule has 2 aromatic heterocycles. The Bertz CT molecular complexity index is 1150. The van der Waals surface area contributed by atoms with Gasteiger partial charge in [-0.1, -0.05) is 24.3 Å². The molecule has 2 aromatic carbocycles. The summed E-state index contributed by atoms with van der Waals surface area (Å²) < 4.78 is 0. The first-order valence-electron chi connectivity index (χ1n) is 9.81. The van der Waals surface area contributed by atoms with E-state index in [2.05, 4.69) is 26.7 Å². The van der Waals surface area contributed by atoms with E-state index in [4.69, 9.17) is 0 Å². The smallest absolute Gasteiger partial charge is 0.251 e. The number of aromatic nitrogens is 2. The summed E-state index contributed by atoms with van der Waals surface area (Å²) in [6.45, 7) is 0.941. The zero-order valence-corrected chi connectivity index (χ0v) is 16.4. The minimum atomic E-state index is -0.190. The van der Waals surface area contributed by atoms with Crippen LogP contribution in [0.1, 0.15) is 31.8 Å². The number of aromatic amines is 1. The highest BCUT2D eigenvalue weighted by molar-refractivity contribution is 5.97. The molecule has 2 heterocycles. The lowest BCUT2D eigenvalue weighted by molar-refractivity contribution is 0.0940. The van der Waals surface area contributed by atoms with Crippen molar-refractivity contribution >= 4 is 22.7 Å². The molecule has 4 rings (SSSR count). The molecule has 0 saturated heterocycles. The third-order valence-electron chi connectivity index (χ3n) is 4.94. The molecule has 2 amide bonds. The molecule has 0 atom stereocenters. The van der Waals surface area contributed by atoms with Crippen molar-refractivity contribution in [2.75, 3.05) is 6.54 Å². The third kappa shape index (κ3) is 4.55. The first kappa shape index (κ1) is 19.4. The van der Waals surface area contributed by atoms with E-state index in [1.807, 2.05) is 36.5 Å². The highest BCUT2D eigenvalue weighted by atomic mass is 16.2. The Morgan fingerprint density at radius 3 is 2.33 bits per heavy atom. The number of nitrogens with zero attached hydrogens (tertiary/aromatic N) is 1. The van der Waals surface area contributed by atoms with Crippen LogP contribution in [0.4, 0.5) is 0 Å². The summed E-state index contributed by atoms with van der Waals surface area (Å²) in [5.41, 5.74) is 4.23. The summed E-state index contributed by atoms with van der Waals surface area (Å²) >= 11 is 0. The van der Waals surface area contributed by atoms with Crippen molar-refractivity contribution in [2.45, 2.75) is 13.0 Å². The molecule has 150 valence electrons. The maximum Gasteiger partial charge on any atom is 0.251 e. The van der Waals surface area contributed by atoms with Crippen LogP contribution in [0.25, 0.3) is 10.9 Å². The minimum Gasteiger partial charge on any atom is -0.361 e. The average Bonchev–Trinajstić information content (AvgIpc) is 3.21. The lowest BCUT2D eigenvalue weighted by Gasteiger charge is -2.07. The molecular weight excluding hydrogens is 376 g/mol. The van der Waals surface area contributed by atoms with Crippen LogP contribution in [-0.2, 0) is 13.0 Å². The van der Waals surface area contributed by atoms with Crippen molar-refractivity contribution in [3.8, 4) is 0 Å². The summed E-state index contributed by atoms with van der Waals surface area (Å²) in [5.74, 6) is -0.345. The van der Waals surface area contributed by atoms with Gasteiger partial charge in [-0.25, -0.2) is 0 Å². The standard InChI is InChI=1S/C24H22N4O2/c29-23(26-13-11-20-16-27-22-6-2-1-5-21(20)22)18-7-9-19(10-8-18)24(30)28-15-17-4-3-12-25-14-17/h1-10,12,14,16,27H,11,13,15H2,(H,26,29)(H,28,30). The average molecular weight is 398 g/mol. The van der Waals surface area contributed by atoms with E-state index in [1.54, 1.807) is 36.7 Å². The van der Waals surface area contributed by atoms with Crippen LogP contribution in [0.2, 0.25) is 0 Å². The number of hydrogen-bond acceptors (Lipinski definition) is 3. The van der Waals surface area contributed by atoms with E-state index in [0.717, 1.165) is 17.5 Å². The fourth-order valence-electron chi connectivity index (χ4n) is 3.31. The molecule has 0 saturated carbocycles. The number of pyridine rings is 1. The van der Waals surface area contributed by atoms with Gasteiger partial charge in [-0.05, 0) is 53.9 Å². The van der Waals surface area contributed by atoms with Crippen LogP contribution in [0.5, 0.6) is 0 Å². The number of amides is 2. The molecular formula is C24H22N4O2. The van der Waals surface area contributed by atoms with Gasteiger partial charge < -0.3 is 15.6 Å². The van der Waals surface area contributed by atoms with Crippen LogP contribution < -0.4 is 10.6 Å². The summed E-state index contributed by atoms with van der Waals surface area (Å²) in [4.78, 5) is 31.9. The maximum atomic E-state index is 12.4. The molecule has 30 heavy (non-hydrogen) atoms. The summed E-state index contributed by atoms with van der Waals surface area (Å²) in [6.07, 6.45) is 6.12. The molecule has 3 N–H and O–H groups in total. The van der Waals surface area contributed by atoms with Crippen molar-refractivity contribution < 1.29 is 9.59 Å². The first-order valence-corrected chi connectivity index (χ1v) is 9.81. The second kappa shape index (κ2) is 9.05. The SMILES string of the molecule is O=C(NCCc1c[nH]c2ccccc12)c1ccc(C(=O)NCc2cccnc2)cc1. The lowest BCUT2D eigenvalue weighted by Crippen LogP contribution is -2.26. The largest absolute Gasteiger partial charge is 0.361 e. The molecule has 0 unspecified atom stereocenters. The van der Waals surface area contributed by atoms with E-state index in [9.17, 15) is 9.59 Å². The minimum absolute atomic E-state index is 0.155. The number of rotatable bonds is 7. The quantitative estimate of drug-likeness (QED) is 0.446. The van der Waals surface area contributed by atoms with Gasteiger partial charge in [0.05, 0.1) is 0 Å². The van der Waals surface area contributed by atoms with Crippen molar-refractivity contribution in [3.05, 3.63) is 102 Å². The Labute approximate surface area is 174 Å². The Morgan fingerprint density at radius 1 is 0.867 bits per heavy atom. The summed E-state index contributed by atoms with van der Waals surface area (Å²) in [5, 5.41) is 6.96. The van der Waals surface area contributed by atoms with E-state index in [0.29, 0.717) is 24.2 Å². The molecule has 4 aromatic rings. The molecule has 0 bridgehead atoms. The number of H-pyrrole nitrogens is 1. The predicted octanol–water partition coefficient (Wildman–Crippen LogP) is 3.47. The summed E-state index contributed by atoms with van der Waals surface area (Å²) in [6, 6.07) is 18.5. The number of carbonyl (C=O) groups excluding carboxylic acids is 2. The van der Waals surface area contributed by atoms with E-state index in [1.165, 1.54) is 10.9 Å². The second-order valence-electron chi connectivity index (χ2n) is 6.99. The Morgan fingerprint density at radius 2 is 1.60 bits per heavy atom. The van der Waals surface area contributed by atoms with Gasteiger partial charge in [-0.3, -0.25) is 14.6 Å². The van der Waals surface area contributed by atoms with Crippen molar-refractivity contribution in [3.63, 3.8) is 0 Å². The fourth-order valence-corrected chi connectivity index (χ4v) is 3.31. The molecule has 0 aliphatic rings. The highest BCUT2D eigenvalue weighted by Crippen LogP contribution is 2.17. The van der Waals surface area contributed by atoms with Gasteiger partial charge in [0.2, 0.25) is 0 Å². The van der Waals surface area contributed by atoms with Crippen LogP contribution in [0.15, 0.2) is 79.3 Å². The zero-order chi connectivity index (χ0) is 20.8. The molecule has 6 nitrogen and oxygen atoms in total. The molecule has 6 heteroatoms. The van der Waals surface area contributed by atoms with Crippen molar-refractivity contribution in [2.24, 2.45) is 0 Å². The van der Waals surface area contributed by atoms with Gasteiger partial charge in [-0.2, -0.15) is 0 Å². The normalized spacial score (nSPS) is 10.7. The molecule has 0 radical (unpaired) electrons. The van der Waals surface area contributed by atoms with Crippen molar-refractivity contribution in [1.82, 2.24) is 20.6 Å². The Hall–Kier alpha value is -3.93. The number of nitrogens with one attached hydrogen (secondary N) is 3. The number of benzene rings is 2. The molecule has 0 fully saturated rings. The molecule has 0 aliphatic carbocycles. The van der Waals surface area contributed by atoms with Gasteiger partial charge in [0.15, 0.2) is 0 Å². The van der Waals surface area contributed by atoms with Crippen LogP contribution in [0.3, 0.4) is 0 Å². The van der Waals surface area contributed by atoms with Crippen LogP contribution in [0, 0.1) is 0 Å². The number of fused-ring (bicyclic) bond motifs is 1. The van der Waals surface area contributed by atoms with Gasteiger partial charge in [-0.15, -0.1) is 0 Å². The second-order valence-corrected chi connectivity index (χ2v) is 6.99. The Kier molecular flexibility index (Phi) is 5.85. The number of hydrogen-bond donors (Lipinski definition) is 3. The lowest BCUT2D eigenvalue weighted by atomic mass is 10.1. The van der Waals surface area contributed by atoms with Gasteiger partial charge in [0, 0.05) is 53.7 Å². The topological polar surface area (TPSA) is 86.9 Å². The van der Waals surface area contributed by atoms with Crippen molar-refractivity contribution in [1.29, 1.82) is 0 Å². The monoisotopic (exact) mass is 398 g/mol. The molecule has 0 spiro atoms. The van der Waals surface area contributed by atoms with Crippen LogP contribution >= 0.6 is 0 Å². The Balaban J connectivity index is 1.28. The van der Waals surface area contributed by atoms with Gasteiger partial charge in [0.1, 0.15) is 0 Å². The first-order chi connectivity index (χ1) is 14.7. The predicted molar refractivity (Wildman–Crippen MR) is 116 cm³/mol. The maximum absolute atomic E-state index is 12.4. The number of carbonyl (C=O) groups is 2. The van der Waals surface area contributed by atoms with E-state index in [-0.39, 0.29) is 11.8 Å². The fraction of sp³-hybridized carbons (Fsp3) is 0.125. The van der Waals surface area contributed by atoms with Gasteiger partial charge >= 0.3 is 0 Å². The summed E-state index contributed by atoms with van der Waals surface area (Å²) in [7, 11) is 0.